The van der Waals surface area contributed by atoms with E-state index in [-0.39, 0.29) is 16.5 Å². The summed E-state index contributed by atoms with van der Waals surface area (Å²) in [5, 5.41) is 21.1. The quantitative estimate of drug-likeness (QED) is 0.0358. The standard InChI is InChI=1S/C34H34ClN3O5S2/c1-3-5-8-19-43-26-12-9-11-23(20-26)29-28(30(39)22-14-16-25(17-15-22)42-18-4-2)31(40)32(41)38(29)33-36-37-34(45-33)44-21-24-10-6-7-13-27(24)35/h6-7,9-17,20,29,39H,3-5,8,18-19,21H2,1-2H3/b30-28+. The van der Waals surface area contributed by atoms with E-state index in [0.717, 1.165) is 31.2 Å². The smallest absolute Gasteiger partial charge is 0.301 e. The van der Waals surface area contributed by atoms with Gasteiger partial charge in [0.15, 0.2) is 4.34 Å². The van der Waals surface area contributed by atoms with Crippen LogP contribution in [-0.4, -0.2) is 40.2 Å². The first kappa shape index (κ1) is 32.5. The van der Waals surface area contributed by atoms with Crippen molar-refractivity contribution in [1.29, 1.82) is 0 Å². The number of amides is 1. The van der Waals surface area contributed by atoms with Crippen LogP contribution in [0, 0.1) is 0 Å². The summed E-state index contributed by atoms with van der Waals surface area (Å²) in [6.45, 7) is 5.26. The van der Waals surface area contributed by atoms with Crippen LogP contribution in [0.4, 0.5) is 5.13 Å². The number of thioether (sulfide) groups is 1. The van der Waals surface area contributed by atoms with Gasteiger partial charge in [0, 0.05) is 16.3 Å². The maximum absolute atomic E-state index is 13.7. The second kappa shape index (κ2) is 15.4. The molecule has 1 fully saturated rings. The first-order valence-corrected chi connectivity index (χ1v) is 17.1. The third-order valence-electron chi connectivity index (χ3n) is 7.15. The summed E-state index contributed by atoms with van der Waals surface area (Å²) in [6, 6.07) is 20.7. The van der Waals surface area contributed by atoms with Crippen molar-refractivity contribution in [1.82, 2.24) is 10.2 Å². The minimum absolute atomic E-state index is 0.0363. The number of ketones is 1. The van der Waals surface area contributed by atoms with Crippen LogP contribution in [0.3, 0.4) is 0 Å². The first-order chi connectivity index (χ1) is 21.9. The fourth-order valence-corrected chi connectivity index (χ4v) is 7.01. The van der Waals surface area contributed by atoms with Gasteiger partial charge >= 0.3 is 5.91 Å². The highest BCUT2D eigenvalue weighted by atomic mass is 35.5. The van der Waals surface area contributed by atoms with Gasteiger partial charge in [-0.15, -0.1) is 10.2 Å². The molecule has 1 aliphatic rings. The van der Waals surface area contributed by atoms with E-state index in [2.05, 4.69) is 17.1 Å². The Kier molecular flexibility index (Phi) is 11.2. The molecule has 1 N–H and O–H groups in total. The third-order valence-corrected chi connectivity index (χ3v) is 9.62. The number of nitrogens with zero attached hydrogens (tertiary/aromatic N) is 3. The number of ether oxygens (including phenoxy) is 2. The lowest BCUT2D eigenvalue weighted by atomic mass is 9.95. The van der Waals surface area contributed by atoms with Crippen molar-refractivity contribution < 1.29 is 24.2 Å². The Balaban J connectivity index is 1.51. The lowest BCUT2D eigenvalue weighted by molar-refractivity contribution is -0.132. The number of unbranched alkanes of at least 4 members (excludes halogenated alkanes) is 2. The average molecular weight is 664 g/mol. The number of hydrogen-bond acceptors (Lipinski definition) is 9. The summed E-state index contributed by atoms with van der Waals surface area (Å²) in [7, 11) is 0. The lowest BCUT2D eigenvalue weighted by Crippen LogP contribution is -2.29. The minimum atomic E-state index is -0.949. The number of anilines is 1. The Labute approximate surface area is 276 Å². The Morgan fingerprint density at radius 1 is 0.933 bits per heavy atom. The number of rotatable bonds is 14. The summed E-state index contributed by atoms with van der Waals surface area (Å²) in [6.07, 6.45) is 3.90. The van der Waals surface area contributed by atoms with Gasteiger partial charge in [-0.2, -0.15) is 0 Å². The van der Waals surface area contributed by atoms with Crippen molar-refractivity contribution in [3.8, 4) is 11.5 Å². The molecule has 3 aromatic carbocycles. The van der Waals surface area contributed by atoms with Crippen molar-refractivity contribution >= 4 is 57.3 Å². The van der Waals surface area contributed by atoms with Crippen LogP contribution in [0.2, 0.25) is 5.02 Å². The molecule has 4 aromatic rings. The molecule has 8 nitrogen and oxygen atoms in total. The molecule has 1 aliphatic heterocycles. The van der Waals surface area contributed by atoms with Crippen molar-refractivity contribution in [3.63, 3.8) is 0 Å². The van der Waals surface area contributed by atoms with Crippen molar-refractivity contribution in [2.24, 2.45) is 0 Å². The fourth-order valence-electron chi connectivity index (χ4n) is 4.86. The summed E-state index contributed by atoms with van der Waals surface area (Å²) in [5.41, 5.74) is 1.91. The zero-order chi connectivity index (χ0) is 31.8. The molecule has 0 saturated carbocycles. The number of Topliss-reactive ketones (excluding diaryl/α,β-unsaturated/α-hetero) is 1. The number of aliphatic hydroxyl groups is 1. The van der Waals surface area contributed by atoms with E-state index in [1.165, 1.54) is 28.0 Å². The Morgan fingerprint density at radius 3 is 2.47 bits per heavy atom. The van der Waals surface area contributed by atoms with Gasteiger partial charge in [0.2, 0.25) is 5.13 Å². The normalized spacial score (nSPS) is 15.9. The van der Waals surface area contributed by atoms with E-state index in [1.54, 1.807) is 30.3 Å². The number of benzene rings is 3. The average Bonchev–Trinajstić information content (AvgIpc) is 3.63. The molecule has 1 unspecified atom stereocenters. The fraction of sp³-hybridized carbons (Fsp3) is 0.294. The number of aromatic nitrogens is 2. The molecule has 0 aliphatic carbocycles. The van der Waals surface area contributed by atoms with E-state index < -0.39 is 17.7 Å². The minimum Gasteiger partial charge on any atom is -0.507 e. The van der Waals surface area contributed by atoms with E-state index in [0.29, 0.717) is 51.0 Å². The molecule has 234 valence electrons. The summed E-state index contributed by atoms with van der Waals surface area (Å²) >= 11 is 8.96. The zero-order valence-corrected chi connectivity index (χ0v) is 27.5. The number of aliphatic hydroxyl groups excluding tert-OH is 1. The van der Waals surface area contributed by atoms with Gasteiger partial charge in [-0.05, 0) is 66.4 Å². The highest BCUT2D eigenvalue weighted by Gasteiger charge is 2.48. The predicted octanol–water partition coefficient (Wildman–Crippen LogP) is 8.47. The first-order valence-electron chi connectivity index (χ1n) is 14.9. The van der Waals surface area contributed by atoms with Gasteiger partial charge < -0.3 is 14.6 Å². The van der Waals surface area contributed by atoms with Crippen LogP contribution in [0.25, 0.3) is 5.76 Å². The summed E-state index contributed by atoms with van der Waals surface area (Å²) in [5.74, 6) is -0.0636. The Bertz CT molecular complexity index is 1670. The highest BCUT2D eigenvalue weighted by Crippen LogP contribution is 2.45. The molecule has 1 atom stereocenters. The molecule has 0 bridgehead atoms. The molecule has 1 aromatic heterocycles. The Morgan fingerprint density at radius 2 is 1.71 bits per heavy atom. The number of carbonyl (C=O) groups excluding carboxylic acids is 2. The maximum Gasteiger partial charge on any atom is 0.301 e. The van der Waals surface area contributed by atoms with Gasteiger partial charge in [0.05, 0.1) is 24.8 Å². The molecule has 11 heteroatoms. The van der Waals surface area contributed by atoms with Crippen LogP contribution >= 0.6 is 34.7 Å². The van der Waals surface area contributed by atoms with E-state index in [4.69, 9.17) is 21.1 Å². The van der Waals surface area contributed by atoms with Crippen LogP contribution in [-0.2, 0) is 15.3 Å². The van der Waals surface area contributed by atoms with Gasteiger partial charge in [-0.25, -0.2) is 0 Å². The van der Waals surface area contributed by atoms with E-state index >= 15 is 0 Å². The molecular weight excluding hydrogens is 630 g/mol. The summed E-state index contributed by atoms with van der Waals surface area (Å²) in [4.78, 5) is 28.6. The number of carbonyl (C=O) groups is 2. The van der Waals surface area contributed by atoms with Crippen LogP contribution in [0.1, 0.15) is 62.3 Å². The molecule has 45 heavy (non-hydrogen) atoms. The number of halogens is 1. The molecule has 0 radical (unpaired) electrons. The predicted molar refractivity (Wildman–Crippen MR) is 179 cm³/mol. The van der Waals surface area contributed by atoms with Crippen molar-refractivity contribution in [2.75, 3.05) is 18.1 Å². The van der Waals surface area contributed by atoms with Crippen LogP contribution in [0.5, 0.6) is 11.5 Å². The van der Waals surface area contributed by atoms with E-state index in [9.17, 15) is 14.7 Å². The van der Waals surface area contributed by atoms with Crippen molar-refractivity contribution in [2.45, 2.75) is 55.7 Å². The third kappa shape index (κ3) is 7.69. The second-order valence-electron chi connectivity index (χ2n) is 10.4. The van der Waals surface area contributed by atoms with Crippen LogP contribution in [0.15, 0.2) is 82.7 Å². The largest absolute Gasteiger partial charge is 0.507 e. The van der Waals surface area contributed by atoms with Gasteiger partial charge in [0.25, 0.3) is 5.78 Å². The monoisotopic (exact) mass is 663 g/mol. The molecule has 2 heterocycles. The molecular formula is C34H34ClN3O5S2. The second-order valence-corrected chi connectivity index (χ2v) is 13.0. The molecule has 1 saturated heterocycles. The van der Waals surface area contributed by atoms with Crippen LogP contribution < -0.4 is 14.4 Å². The highest BCUT2D eigenvalue weighted by molar-refractivity contribution is 8.00. The SMILES string of the molecule is CCCCCOc1cccc(C2/C(=C(\O)c3ccc(OCCC)cc3)C(=O)C(=O)N2c2nnc(SCc3ccccc3Cl)s2)c1. The zero-order valence-electron chi connectivity index (χ0n) is 25.1. The van der Waals surface area contributed by atoms with E-state index in [1.807, 2.05) is 49.4 Å². The van der Waals surface area contributed by atoms with Gasteiger partial charge in [-0.3, -0.25) is 14.5 Å². The number of hydrogen-bond donors (Lipinski definition) is 1. The molecule has 1 amide bonds. The summed E-state index contributed by atoms with van der Waals surface area (Å²) < 4.78 is 12.3. The maximum atomic E-state index is 13.7. The lowest BCUT2D eigenvalue weighted by Gasteiger charge is -2.23. The van der Waals surface area contributed by atoms with Gasteiger partial charge in [-0.1, -0.05) is 91.7 Å². The topological polar surface area (TPSA) is 102 Å². The van der Waals surface area contributed by atoms with Crippen molar-refractivity contribution in [3.05, 3.63) is 100 Å². The van der Waals surface area contributed by atoms with Gasteiger partial charge in [0.1, 0.15) is 17.3 Å². The molecule has 0 spiro atoms. The Hall–Kier alpha value is -3.86. The molecule has 5 rings (SSSR count).